The van der Waals surface area contributed by atoms with Gasteiger partial charge in [-0.25, -0.2) is 0 Å². The minimum Gasteiger partial charge on any atom is -0.310 e. The number of rotatable bonds is 8. The second-order valence-corrected chi connectivity index (χ2v) is 16.4. The first-order valence-corrected chi connectivity index (χ1v) is 21.3. The van der Waals surface area contributed by atoms with Crippen LogP contribution in [-0.2, 0) is 0 Å². The molecule has 0 spiro atoms. The van der Waals surface area contributed by atoms with Crippen LogP contribution in [0.25, 0.3) is 86.6 Å². The smallest absolute Gasteiger partial charge is 0.0473 e. The summed E-state index contributed by atoms with van der Waals surface area (Å²) in [6, 6.07) is 86.2. The maximum absolute atomic E-state index is 2.40. The van der Waals surface area contributed by atoms with E-state index in [4.69, 9.17) is 0 Å². The predicted octanol–water partition coefficient (Wildman–Crippen LogP) is 17.0. The quantitative estimate of drug-likeness (QED) is 0.148. The van der Waals surface area contributed by atoms with Gasteiger partial charge in [-0.15, -0.1) is 11.3 Å². The first kappa shape index (κ1) is 35.6. The molecular formula is C58H39NS. The van der Waals surface area contributed by atoms with E-state index in [-0.39, 0.29) is 0 Å². The van der Waals surface area contributed by atoms with Crippen molar-refractivity contribution in [2.24, 2.45) is 0 Å². The van der Waals surface area contributed by atoms with Crippen LogP contribution in [0.4, 0.5) is 17.1 Å². The van der Waals surface area contributed by atoms with Gasteiger partial charge in [0.05, 0.1) is 0 Å². The van der Waals surface area contributed by atoms with Crippen molar-refractivity contribution in [3.8, 4) is 55.6 Å². The lowest BCUT2D eigenvalue weighted by molar-refractivity contribution is 1.28. The number of benzene rings is 10. The van der Waals surface area contributed by atoms with Gasteiger partial charge in [0.2, 0.25) is 0 Å². The first-order chi connectivity index (χ1) is 29.7. The SMILES string of the molecule is c1ccc(-c2cc(-c3ccccc3)cc(N(c3ccc(-c4cccc(-c5cccc6ccccc56)c4)cc3)c3ccc(-c4ccc5sc6ccccc6c5c4)cc3)c2)cc1. The maximum atomic E-state index is 2.40. The molecule has 60 heavy (non-hydrogen) atoms. The van der Waals surface area contributed by atoms with E-state index in [0.717, 1.165) is 17.1 Å². The van der Waals surface area contributed by atoms with E-state index >= 15 is 0 Å². The van der Waals surface area contributed by atoms with E-state index in [1.54, 1.807) is 0 Å². The van der Waals surface area contributed by atoms with E-state index in [1.807, 2.05) is 11.3 Å². The average molecular weight is 782 g/mol. The van der Waals surface area contributed by atoms with Crippen LogP contribution in [0.15, 0.2) is 237 Å². The van der Waals surface area contributed by atoms with Gasteiger partial charge < -0.3 is 4.90 Å². The van der Waals surface area contributed by atoms with Crippen LogP contribution >= 0.6 is 11.3 Å². The van der Waals surface area contributed by atoms with Gasteiger partial charge in [-0.2, -0.15) is 0 Å². The number of hydrogen-bond acceptors (Lipinski definition) is 2. The molecule has 282 valence electrons. The lowest BCUT2D eigenvalue weighted by Crippen LogP contribution is -2.10. The summed E-state index contributed by atoms with van der Waals surface area (Å²) in [7, 11) is 0. The van der Waals surface area contributed by atoms with Gasteiger partial charge in [-0.3, -0.25) is 0 Å². The lowest BCUT2D eigenvalue weighted by Gasteiger charge is -2.27. The standard InChI is InChI=1S/C58H39NS/c1-3-13-40(14-4-1)48-36-49(41-15-5-2-6-16-41)38-52(37-48)59(51-32-27-43(28-33-51)46-29-34-58-56(39-46)55-22-9-10-24-57(55)60-58)50-30-25-42(26-31-50)45-19-11-20-47(35-45)54-23-12-18-44-17-7-8-21-53(44)54/h1-39H. The zero-order valence-corrected chi connectivity index (χ0v) is 33.7. The van der Waals surface area contributed by atoms with Crippen molar-refractivity contribution in [2.75, 3.05) is 4.90 Å². The summed E-state index contributed by atoms with van der Waals surface area (Å²) >= 11 is 1.86. The number of anilines is 3. The summed E-state index contributed by atoms with van der Waals surface area (Å²) in [5, 5.41) is 5.15. The Balaban J connectivity index is 1.02. The molecule has 2 heteroatoms. The first-order valence-electron chi connectivity index (χ1n) is 20.5. The van der Waals surface area contributed by atoms with Gasteiger partial charge in [0.15, 0.2) is 0 Å². The summed E-state index contributed by atoms with van der Waals surface area (Å²) in [6.45, 7) is 0. The lowest BCUT2D eigenvalue weighted by atomic mass is 9.95. The highest BCUT2D eigenvalue weighted by Gasteiger charge is 2.17. The zero-order chi connectivity index (χ0) is 39.8. The highest BCUT2D eigenvalue weighted by Crippen LogP contribution is 2.42. The molecule has 10 aromatic carbocycles. The molecule has 1 heterocycles. The Bertz CT molecular complexity index is 3230. The highest BCUT2D eigenvalue weighted by atomic mass is 32.1. The minimum atomic E-state index is 1.09. The normalized spacial score (nSPS) is 11.3. The molecule has 1 aromatic heterocycles. The second-order valence-electron chi connectivity index (χ2n) is 15.3. The average Bonchev–Trinajstić information content (AvgIpc) is 3.70. The van der Waals surface area contributed by atoms with Crippen molar-refractivity contribution in [1.29, 1.82) is 0 Å². The minimum absolute atomic E-state index is 1.09. The van der Waals surface area contributed by atoms with Crippen molar-refractivity contribution >= 4 is 59.3 Å². The van der Waals surface area contributed by atoms with Crippen molar-refractivity contribution in [3.63, 3.8) is 0 Å². The topological polar surface area (TPSA) is 3.24 Å². The zero-order valence-electron chi connectivity index (χ0n) is 32.9. The molecule has 0 atom stereocenters. The summed E-state index contributed by atoms with van der Waals surface area (Å²) in [4.78, 5) is 2.40. The van der Waals surface area contributed by atoms with Crippen molar-refractivity contribution in [2.45, 2.75) is 0 Å². The Kier molecular flexibility index (Phi) is 9.11. The Labute approximate surface area is 354 Å². The van der Waals surface area contributed by atoms with Gasteiger partial charge in [-0.1, -0.05) is 170 Å². The van der Waals surface area contributed by atoms with E-state index in [0.29, 0.717) is 0 Å². The third-order valence-corrected chi connectivity index (χ3v) is 12.8. The molecule has 0 unspecified atom stereocenters. The molecule has 0 aliphatic carbocycles. The molecule has 0 aliphatic heterocycles. The molecule has 11 rings (SSSR count). The molecule has 0 fully saturated rings. The number of hydrogen-bond donors (Lipinski definition) is 0. The fourth-order valence-electron chi connectivity index (χ4n) is 8.64. The van der Waals surface area contributed by atoms with Crippen LogP contribution in [0.1, 0.15) is 0 Å². The molecule has 0 saturated heterocycles. The van der Waals surface area contributed by atoms with E-state index in [9.17, 15) is 0 Å². The molecule has 11 aromatic rings. The molecule has 1 nitrogen and oxygen atoms in total. The monoisotopic (exact) mass is 781 g/mol. The van der Waals surface area contributed by atoms with Crippen LogP contribution in [0.3, 0.4) is 0 Å². The molecule has 0 N–H and O–H groups in total. The van der Waals surface area contributed by atoms with Crippen LogP contribution < -0.4 is 4.90 Å². The fraction of sp³-hybridized carbons (Fsp3) is 0. The van der Waals surface area contributed by atoms with Crippen molar-refractivity contribution in [1.82, 2.24) is 0 Å². The molecule has 0 aliphatic rings. The Morgan fingerprint density at radius 1 is 0.250 bits per heavy atom. The van der Waals surface area contributed by atoms with Crippen LogP contribution in [0.2, 0.25) is 0 Å². The molecule has 0 radical (unpaired) electrons. The largest absolute Gasteiger partial charge is 0.310 e. The highest BCUT2D eigenvalue weighted by molar-refractivity contribution is 7.25. The molecule has 0 amide bonds. The maximum Gasteiger partial charge on any atom is 0.0473 e. The summed E-state index contributed by atoms with van der Waals surface area (Å²) in [6.07, 6.45) is 0. The van der Waals surface area contributed by atoms with Gasteiger partial charge in [0.1, 0.15) is 0 Å². The van der Waals surface area contributed by atoms with Crippen molar-refractivity contribution < 1.29 is 0 Å². The van der Waals surface area contributed by atoms with Gasteiger partial charge in [-0.05, 0) is 133 Å². The second kappa shape index (κ2) is 15.3. The summed E-state index contributed by atoms with van der Waals surface area (Å²) in [5.41, 5.74) is 15.2. The Morgan fingerprint density at radius 3 is 1.40 bits per heavy atom. The Hall–Kier alpha value is -7.52. The summed E-state index contributed by atoms with van der Waals surface area (Å²) in [5.74, 6) is 0. The van der Waals surface area contributed by atoms with E-state index in [1.165, 1.54) is 86.6 Å². The van der Waals surface area contributed by atoms with Crippen molar-refractivity contribution in [3.05, 3.63) is 237 Å². The van der Waals surface area contributed by atoms with Gasteiger partial charge in [0.25, 0.3) is 0 Å². The van der Waals surface area contributed by atoms with Gasteiger partial charge in [0, 0.05) is 37.2 Å². The van der Waals surface area contributed by atoms with Crippen LogP contribution in [0.5, 0.6) is 0 Å². The van der Waals surface area contributed by atoms with E-state index in [2.05, 4.69) is 241 Å². The van der Waals surface area contributed by atoms with Gasteiger partial charge >= 0.3 is 0 Å². The Morgan fingerprint density at radius 2 is 0.717 bits per heavy atom. The molecular weight excluding hydrogens is 743 g/mol. The number of thiophene rings is 1. The van der Waals surface area contributed by atoms with Crippen LogP contribution in [0, 0.1) is 0 Å². The third kappa shape index (κ3) is 6.73. The van der Waals surface area contributed by atoms with Crippen LogP contribution in [-0.4, -0.2) is 0 Å². The molecule has 0 bridgehead atoms. The third-order valence-electron chi connectivity index (χ3n) is 11.6. The fourth-order valence-corrected chi connectivity index (χ4v) is 9.72. The number of nitrogens with zero attached hydrogens (tertiary/aromatic N) is 1. The van der Waals surface area contributed by atoms with E-state index < -0.39 is 0 Å². The molecule has 0 saturated carbocycles. The predicted molar refractivity (Wildman–Crippen MR) is 259 cm³/mol. The number of fused-ring (bicyclic) bond motifs is 4. The summed E-state index contributed by atoms with van der Waals surface area (Å²) < 4.78 is 2.64.